The molecular weight excluding hydrogens is 358 g/mol. The van der Waals surface area contributed by atoms with E-state index in [1.54, 1.807) is 12.1 Å². The molecule has 1 aliphatic heterocycles. The highest BCUT2D eigenvalue weighted by atomic mass is 35.5. The molecule has 26 heavy (non-hydrogen) atoms. The van der Waals surface area contributed by atoms with Crippen LogP contribution in [0.5, 0.6) is 5.75 Å². The van der Waals surface area contributed by atoms with Gasteiger partial charge in [-0.1, -0.05) is 29.5 Å². The third-order valence-corrected chi connectivity index (χ3v) is 3.87. The van der Waals surface area contributed by atoms with Crippen molar-refractivity contribution in [1.82, 2.24) is 0 Å². The highest BCUT2D eigenvalue weighted by molar-refractivity contribution is 6.33. The Labute approximate surface area is 153 Å². The average Bonchev–Trinajstić information content (AvgIpc) is 2.58. The van der Waals surface area contributed by atoms with E-state index in [0.717, 1.165) is 0 Å². The van der Waals surface area contributed by atoms with Crippen molar-refractivity contribution < 1.29 is 24.2 Å². The number of fused-ring (bicyclic) bond motifs is 1. The van der Waals surface area contributed by atoms with Gasteiger partial charge < -0.3 is 15.2 Å². The number of esters is 1. The lowest BCUT2D eigenvalue weighted by atomic mass is 9.92. The number of carbonyl (C=O) groups excluding carboxylic acids is 3. The van der Waals surface area contributed by atoms with Crippen LogP contribution in [0.2, 0.25) is 5.02 Å². The maximum absolute atomic E-state index is 12.4. The van der Waals surface area contributed by atoms with Crippen LogP contribution in [0.1, 0.15) is 15.9 Å². The van der Waals surface area contributed by atoms with Crippen molar-refractivity contribution in [3.8, 4) is 17.6 Å². The standard InChI is InChI=1S/C19H12ClNO5/c20-12-6-7-14-15(10-12)21-18(24)16(17(14)23)19(25)26-8-2-4-11-3-1-5-13(22)9-11/h1,3,5-7,9-10,16,22H,8H2,(H,21,24). The molecular formula is C19H12ClNO5. The van der Waals surface area contributed by atoms with Gasteiger partial charge in [-0.15, -0.1) is 0 Å². The van der Waals surface area contributed by atoms with Gasteiger partial charge in [0.2, 0.25) is 5.91 Å². The SMILES string of the molecule is O=C1Nc2cc(Cl)ccc2C(=O)C1C(=O)OCC#Cc1cccc(O)c1. The number of aromatic hydroxyl groups is 1. The van der Waals surface area contributed by atoms with E-state index in [9.17, 15) is 19.5 Å². The largest absolute Gasteiger partial charge is 0.508 e. The van der Waals surface area contributed by atoms with Crippen molar-refractivity contribution >= 4 is 34.9 Å². The van der Waals surface area contributed by atoms with Gasteiger partial charge in [0.05, 0.1) is 5.69 Å². The van der Waals surface area contributed by atoms with Crippen LogP contribution in [0.3, 0.4) is 0 Å². The first kappa shape index (κ1) is 17.5. The molecule has 2 N–H and O–H groups in total. The van der Waals surface area contributed by atoms with Crippen LogP contribution < -0.4 is 5.32 Å². The van der Waals surface area contributed by atoms with E-state index >= 15 is 0 Å². The number of amides is 1. The summed E-state index contributed by atoms with van der Waals surface area (Å²) in [5.41, 5.74) is 1.00. The highest BCUT2D eigenvalue weighted by Gasteiger charge is 2.40. The van der Waals surface area contributed by atoms with Gasteiger partial charge in [0, 0.05) is 16.1 Å². The number of nitrogens with one attached hydrogen (secondary N) is 1. The monoisotopic (exact) mass is 369 g/mol. The van der Waals surface area contributed by atoms with Gasteiger partial charge in [-0.3, -0.25) is 14.4 Å². The summed E-state index contributed by atoms with van der Waals surface area (Å²) in [4.78, 5) is 36.6. The van der Waals surface area contributed by atoms with Gasteiger partial charge in [-0.25, -0.2) is 0 Å². The second kappa shape index (κ2) is 7.30. The van der Waals surface area contributed by atoms with Crippen LogP contribution in [0.4, 0.5) is 5.69 Å². The summed E-state index contributed by atoms with van der Waals surface area (Å²) >= 11 is 5.83. The third-order valence-electron chi connectivity index (χ3n) is 3.63. The maximum atomic E-state index is 12.4. The number of rotatable bonds is 2. The van der Waals surface area contributed by atoms with Crippen molar-refractivity contribution in [2.45, 2.75) is 0 Å². The van der Waals surface area contributed by atoms with E-state index in [0.29, 0.717) is 10.6 Å². The zero-order chi connectivity index (χ0) is 18.7. The van der Waals surface area contributed by atoms with Crippen LogP contribution in [0.15, 0.2) is 42.5 Å². The van der Waals surface area contributed by atoms with Crippen molar-refractivity contribution in [3.63, 3.8) is 0 Å². The molecule has 1 unspecified atom stereocenters. The molecule has 1 amide bonds. The van der Waals surface area contributed by atoms with Crippen molar-refractivity contribution in [2.24, 2.45) is 5.92 Å². The molecule has 0 aromatic heterocycles. The number of ketones is 1. The first-order chi connectivity index (χ1) is 12.5. The Hall–Kier alpha value is -3.30. The molecule has 0 radical (unpaired) electrons. The summed E-state index contributed by atoms with van der Waals surface area (Å²) in [7, 11) is 0. The second-order valence-corrected chi connectivity index (χ2v) is 5.87. The Morgan fingerprint density at radius 1 is 1.23 bits per heavy atom. The molecule has 2 aromatic carbocycles. The predicted molar refractivity (Wildman–Crippen MR) is 93.8 cm³/mol. The summed E-state index contributed by atoms with van der Waals surface area (Å²) in [5.74, 6) is 1.39. The van der Waals surface area contributed by atoms with Gasteiger partial charge in [0.15, 0.2) is 18.3 Å². The zero-order valence-corrected chi connectivity index (χ0v) is 14.0. The summed E-state index contributed by atoms with van der Waals surface area (Å²) in [5, 5.41) is 12.2. The quantitative estimate of drug-likeness (QED) is 0.481. The van der Waals surface area contributed by atoms with Gasteiger partial charge in [-0.2, -0.15) is 0 Å². The number of benzene rings is 2. The Kier molecular flexibility index (Phi) is 4.92. The summed E-state index contributed by atoms with van der Waals surface area (Å²) in [6.07, 6.45) is 0. The number of phenolic OH excluding ortho intramolecular Hbond substituents is 1. The third kappa shape index (κ3) is 3.68. The molecule has 0 fully saturated rings. The van der Waals surface area contributed by atoms with Crippen molar-refractivity contribution in [1.29, 1.82) is 0 Å². The van der Waals surface area contributed by atoms with Gasteiger partial charge in [-0.05, 0) is 36.4 Å². The molecule has 0 spiro atoms. The Morgan fingerprint density at radius 2 is 2.04 bits per heavy atom. The minimum atomic E-state index is -1.58. The van der Waals surface area contributed by atoms with Crippen LogP contribution in [0.25, 0.3) is 0 Å². The average molecular weight is 370 g/mol. The molecule has 1 heterocycles. The van der Waals surface area contributed by atoms with Gasteiger partial charge in [0.1, 0.15) is 5.75 Å². The fraction of sp³-hybridized carbons (Fsp3) is 0.105. The zero-order valence-electron chi connectivity index (χ0n) is 13.3. The molecule has 7 heteroatoms. The van der Waals surface area contributed by atoms with Crippen LogP contribution in [-0.2, 0) is 14.3 Å². The minimum Gasteiger partial charge on any atom is -0.508 e. The molecule has 2 aromatic rings. The molecule has 1 aliphatic rings. The predicted octanol–water partition coefficient (Wildman–Crippen LogP) is 2.39. The number of hydrogen-bond donors (Lipinski definition) is 2. The fourth-order valence-electron chi connectivity index (χ4n) is 2.44. The summed E-state index contributed by atoms with van der Waals surface area (Å²) in [6.45, 7) is -0.293. The van der Waals surface area contributed by atoms with Crippen molar-refractivity contribution in [3.05, 3.63) is 58.6 Å². The van der Waals surface area contributed by atoms with Crippen LogP contribution in [0, 0.1) is 17.8 Å². The van der Waals surface area contributed by atoms with E-state index < -0.39 is 23.6 Å². The van der Waals surface area contributed by atoms with E-state index in [-0.39, 0.29) is 23.6 Å². The van der Waals surface area contributed by atoms with E-state index in [4.69, 9.17) is 16.3 Å². The molecule has 0 saturated carbocycles. The number of anilines is 1. The normalized spacial score (nSPS) is 15.3. The van der Waals surface area contributed by atoms with Gasteiger partial charge >= 0.3 is 5.97 Å². The molecule has 0 saturated heterocycles. The number of ether oxygens (including phenoxy) is 1. The number of halogens is 1. The van der Waals surface area contributed by atoms with Crippen molar-refractivity contribution in [2.75, 3.05) is 11.9 Å². The maximum Gasteiger partial charge on any atom is 0.327 e. The minimum absolute atomic E-state index is 0.0667. The Balaban J connectivity index is 1.68. The Morgan fingerprint density at radius 3 is 2.81 bits per heavy atom. The lowest BCUT2D eigenvalue weighted by Crippen LogP contribution is -2.41. The summed E-state index contributed by atoms with van der Waals surface area (Å²) in [6, 6.07) is 10.6. The Bertz CT molecular complexity index is 973. The molecule has 3 rings (SSSR count). The smallest absolute Gasteiger partial charge is 0.327 e. The number of hydrogen-bond acceptors (Lipinski definition) is 5. The number of carbonyl (C=O) groups is 3. The van der Waals surface area contributed by atoms with Crippen LogP contribution in [-0.4, -0.2) is 29.4 Å². The lowest BCUT2D eigenvalue weighted by molar-refractivity contribution is -0.148. The van der Waals surface area contributed by atoms with Gasteiger partial charge in [0.25, 0.3) is 0 Å². The lowest BCUT2D eigenvalue weighted by Gasteiger charge is -2.22. The topological polar surface area (TPSA) is 92.7 Å². The number of phenols is 1. The molecule has 6 nitrogen and oxygen atoms in total. The first-order valence-corrected chi connectivity index (χ1v) is 7.92. The number of Topliss-reactive ketones (excluding diaryl/α,β-unsaturated/α-hetero) is 1. The van der Waals surface area contributed by atoms with Crippen LogP contribution >= 0.6 is 11.6 Å². The highest BCUT2D eigenvalue weighted by Crippen LogP contribution is 2.28. The molecule has 0 bridgehead atoms. The van der Waals surface area contributed by atoms with E-state index in [1.807, 2.05) is 0 Å². The summed E-state index contributed by atoms with van der Waals surface area (Å²) < 4.78 is 4.93. The first-order valence-electron chi connectivity index (χ1n) is 7.55. The molecule has 130 valence electrons. The van der Waals surface area contributed by atoms with E-state index in [1.165, 1.54) is 30.3 Å². The molecule has 0 aliphatic carbocycles. The second-order valence-electron chi connectivity index (χ2n) is 5.44. The fourth-order valence-corrected chi connectivity index (χ4v) is 2.61. The van der Waals surface area contributed by atoms with E-state index in [2.05, 4.69) is 17.2 Å². The molecule has 1 atom stereocenters.